The largest absolute Gasteiger partial charge is 0.457 e. The Morgan fingerprint density at radius 3 is 1.59 bits per heavy atom. The molecule has 0 saturated heterocycles. The number of ether oxygens (including phenoxy) is 1. The molecule has 0 N–H and O–H groups in total. The van der Waals surface area contributed by atoms with Crippen molar-refractivity contribution in [1.82, 2.24) is 0 Å². The lowest BCUT2D eigenvalue weighted by molar-refractivity contribution is 0.296. The van der Waals surface area contributed by atoms with Crippen LogP contribution in [0, 0.1) is 5.41 Å². The van der Waals surface area contributed by atoms with E-state index in [1.54, 1.807) is 0 Å². The third-order valence-corrected chi connectivity index (χ3v) is 4.83. The van der Waals surface area contributed by atoms with E-state index in [0.717, 1.165) is 24.3 Å². The Balaban J connectivity index is 2.02. The predicted molar refractivity (Wildman–Crippen MR) is 94.7 cm³/mol. The zero-order valence-electron chi connectivity index (χ0n) is 14.4. The first-order valence-corrected chi connectivity index (χ1v) is 8.44. The molecular weight excluding hydrogens is 268 g/mol. The van der Waals surface area contributed by atoms with Crippen LogP contribution in [0.3, 0.4) is 0 Å². The molecule has 0 spiro atoms. The SMILES string of the molecule is CCc1ccc(Oc2ccc(CC(C)(CC)CC)cc2)cc1. The molecule has 2 rings (SSSR count). The van der Waals surface area contributed by atoms with Crippen LogP contribution in [0.5, 0.6) is 11.5 Å². The Morgan fingerprint density at radius 2 is 1.18 bits per heavy atom. The van der Waals surface area contributed by atoms with Crippen LogP contribution in [0.15, 0.2) is 48.5 Å². The molecule has 0 bridgehead atoms. The molecule has 0 aliphatic heterocycles. The van der Waals surface area contributed by atoms with Crippen molar-refractivity contribution in [1.29, 1.82) is 0 Å². The first-order chi connectivity index (χ1) is 10.6. The van der Waals surface area contributed by atoms with Crippen molar-refractivity contribution in [3.05, 3.63) is 59.7 Å². The highest BCUT2D eigenvalue weighted by atomic mass is 16.5. The van der Waals surface area contributed by atoms with Gasteiger partial charge in [-0.2, -0.15) is 0 Å². The average molecular weight is 296 g/mol. The molecule has 0 atom stereocenters. The van der Waals surface area contributed by atoms with E-state index in [0.29, 0.717) is 5.41 Å². The second-order valence-corrected chi connectivity index (χ2v) is 6.44. The van der Waals surface area contributed by atoms with Crippen molar-refractivity contribution < 1.29 is 4.74 Å². The Morgan fingerprint density at radius 1 is 0.727 bits per heavy atom. The summed E-state index contributed by atoms with van der Waals surface area (Å²) < 4.78 is 5.92. The van der Waals surface area contributed by atoms with Crippen LogP contribution in [-0.4, -0.2) is 0 Å². The highest BCUT2D eigenvalue weighted by Gasteiger charge is 2.19. The van der Waals surface area contributed by atoms with Gasteiger partial charge in [-0.25, -0.2) is 0 Å². The van der Waals surface area contributed by atoms with Gasteiger partial charge in [0.25, 0.3) is 0 Å². The predicted octanol–water partition coefficient (Wildman–Crippen LogP) is 6.41. The second-order valence-electron chi connectivity index (χ2n) is 6.44. The molecule has 1 nitrogen and oxygen atoms in total. The van der Waals surface area contributed by atoms with Crippen molar-refractivity contribution in [3.8, 4) is 11.5 Å². The fourth-order valence-electron chi connectivity index (χ4n) is 2.60. The van der Waals surface area contributed by atoms with E-state index < -0.39 is 0 Å². The lowest BCUT2D eigenvalue weighted by Gasteiger charge is -2.26. The normalized spacial score (nSPS) is 11.5. The Kier molecular flexibility index (Phi) is 5.65. The van der Waals surface area contributed by atoms with E-state index in [-0.39, 0.29) is 0 Å². The van der Waals surface area contributed by atoms with Gasteiger partial charge in [0.1, 0.15) is 11.5 Å². The summed E-state index contributed by atoms with van der Waals surface area (Å²) in [6.45, 7) is 9.09. The monoisotopic (exact) mass is 296 g/mol. The third kappa shape index (κ3) is 4.37. The lowest BCUT2D eigenvalue weighted by Crippen LogP contribution is -2.17. The van der Waals surface area contributed by atoms with Crippen LogP contribution in [0.4, 0.5) is 0 Å². The summed E-state index contributed by atoms with van der Waals surface area (Å²) in [5.41, 5.74) is 3.12. The molecule has 22 heavy (non-hydrogen) atoms. The van der Waals surface area contributed by atoms with E-state index >= 15 is 0 Å². The lowest BCUT2D eigenvalue weighted by atomic mass is 9.79. The molecule has 0 heterocycles. The Labute approximate surface area is 135 Å². The van der Waals surface area contributed by atoms with Gasteiger partial charge in [-0.05, 0) is 53.6 Å². The molecule has 0 amide bonds. The van der Waals surface area contributed by atoms with Gasteiger partial charge in [-0.3, -0.25) is 0 Å². The number of rotatable bonds is 7. The molecule has 0 aliphatic rings. The molecule has 0 radical (unpaired) electrons. The number of aryl methyl sites for hydroxylation is 1. The number of hydrogen-bond acceptors (Lipinski definition) is 1. The quantitative estimate of drug-likeness (QED) is 0.573. The third-order valence-electron chi connectivity index (χ3n) is 4.83. The summed E-state index contributed by atoms with van der Waals surface area (Å²) in [7, 11) is 0. The van der Waals surface area contributed by atoms with Gasteiger partial charge in [0.05, 0.1) is 0 Å². The zero-order valence-corrected chi connectivity index (χ0v) is 14.4. The van der Waals surface area contributed by atoms with E-state index in [1.165, 1.54) is 24.0 Å². The fraction of sp³-hybridized carbons (Fsp3) is 0.429. The molecule has 2 aromatic rings. The maximum Gasteiger partial charge on any atom is 0.127 e. The van der Waals surface area contributed by atoms with Gasteiger partial charge < -0.3 is 4.74 Å². The van der Waals surface area contributed by atoms with E-state index in [1.807, 2.05) is 12.1 Å². The maximum atomic E-state index is 5.92. The van der Waals surface area contributed by atoms with Gasteiger partial charge in [-0.1, -0.05) is 64.8 Å². The molecule has 0 aliphatic carbocycles. The van der Waals surface area contributed by atoms with Gasteiger partial charge >= 0.3 is 0 Å². The Hall–Kier alpha value is -1.76. The maximum absolute atomic E-state index is 5.92. The first-order valence-electron chi connectivity index (χ1n) is 8.44. The van der Waals surface area contributed by atoms with Crippen molar-refractivity contribution in [2.75, 3.05) is 0 Å². The summed E-state index contributed by atoms with van der Waals surface area (Å²) in [4.78, 5) is 0. The van der Waals surface area contributed by atoms with E-state index in [4.69, 9.17) is 4.74 Å². The van der Waals surface area contributed by atoms with E-state index in [2.05, 4.69) is 64.1 Å². The van der Waals surface area contributed by atoms with Gasteiger partial charge in [-0.15, -0.1) is 0 Å². The van der Waals surface area contributed by atoms with Crippen LogP contribution in [0.25, 0.3) is 0 Å². The van der Waals surface area contributed by atoms with Crippen LogP contribution in [-0.2, 0) is 12.8 Å². The standard InChI is InChI=1S/C21H28O/c1-5-17-8-12-19(13-9-17)22-20-14-10-18(11-15-20)16-21(4,6-2)7-3/h8-15H,5-7,16H2,1-4H3. The van der Waals surface area contributed by atoms with Crippen molar-refractivity contribution >= 4 is 0 Å². The zero-order chi connectivity index (χ0) is 16.0. The molecule has 0 unspecified atom stereocenters. The topological polar surface area (TPSA) is 9.23 Å². The molecule has 0 aromatic heterocycles. The highest BCUT2D eigenvalue weighted by Crippen LogP contribution is 2.31. The number of benzene rings is 2. The highest BCUT2D eigenvalue weighted by molar-refractivity contribution is 5.34. The van der Waals surface area contributed by atoms with Crippen LogP contribution in [0.2, 0.25) is 0 Å². The summed E-state index contributed by atoms with van der Waals surface area (Å²) >= 11 is 0. The average Bonchev–Trinajstić information content (AvgIpc) is 2.57. The van der Waals surface area contributed by atoms with Gasteiger partial charge in [0.15, 0.2) is 0 Å². The summed E-state index contributed by atoms with van der Waals surface area (Å²) in [5.74, 6) is 1.81. The van der Waals surface area contributed by atoms with Gasteiger partial charge in [0, 0.05) is 0 Å². The molecule has 118 valence electrons. The summed E-state index contributed by atoms with van der Waals surface area (Å²) in [6, 6.07) is 16.9. The van der Waals surface area contributed by atoms with Crippen molar-refractivity contribution in [3.63, 3.8) is 0 Å². The minimum atomic E-state index is 0.401. The fourth-order valence-corrected chi connectivity index (χ4v) is 2.60. The Bertz CT molecular complexity index is 562. The molecule has 1 heteroatoms. The van der Waals surface area contributed by atoms with Crippen LogP contribution >= 0.6 is 0 Å². The van der Waals surface area contributed by atoms with Crippen molar-refractivity contribution in [2.45, 2.75) is 53.4 Å². The van der Waals surface area contributed by atoms with E-state index in [9.17, 15) is 0 Å². The first kappa shape index (κ1) is 16.6. The smallest absolute Gasteiger partial charge is 0.127 e. The molecule has 0 fully saturated rings. The minimum Gasteiger partial charge on any atom is -0.457 e. The molecular formula is C21H28O. The van der Waals surface area contributed by atoms with Crippen LogP contribution in [0.1, 0.15) is 51.7 Å². The van der Waals surface area contributed by atoms with Crippen molar-refractivity contribution in [2.24, 2.45) is 5.41 Å². The summed E-state index contributed by atoms with van der Waals surface area (Å²) in [6.07, 6.45) is 4.62. The van der Waals surface area contributed by atoms with Gasteiger partial charge in [0.2, 0.25) is 0 Å². The summed E-state index contributed by atoms with van der Waals surface area (Å²) in [5, 5.41) is 0. The minimum absolute atomic E-state index is 0.401. The molecule has 2 aromatic carbocycles. The molecule has 0 saturated carbocycles. The van der Waals surface area contributed by atoms with Crippen LogP contribution < -0.4 is 4.74 Å². The second kappa shape index (κ2) is 7.49. The number of hydrogen-bond donors (Lipinski definition) is 0.